The molecule has 0 N–H and O–H groups in total. The number of nitrogens with zero attached hydrogens (tertiary/aromatic N) is 5. The number of aromatic nitrogens is 5. The van der Waals surface area contributed by atoms with Gasteiger partial charge in [-0.15, -0.1) is 0 Å². The minimum atomic E-state index is 0.352. The first-order valence-electron chi connectivity index (χ1n) is 15.4. The van der Waals surface area contributed by atoms with Crippen molar-refractivity contribution in [1.29, 1.82) is 0 Å². The third kappa shape index (κ3) is 5.23. The van der Waals surface area contributed by atoms with E-state index >= 15 is 0 Å². The summed E-state index contributed by atoms with van der Waals surface area (Å²) < 4.78 is 31.2. The molecule has 0 aliphatic heterocycles. The number of hydrogen-bond acceptors (Lipinski definition) is 6. The molecule has 0 radical (unpaired) electrons. The standard InChI is InChI=1S/C38H25N5O2/c1-3-18-39-34(12-1)26-8-5-10-28(22-26)44-30-14-16-32-33-17-15-31(25-37(33)43(36(32)24-30)38-41-20-7-21-42-38)45-29-11-6-9-27(23-29)35-13-2-4-19-40-35/h1-25H/i12D,13D. The molecule has 7 heteroatoms. The maximum atomic E-state index is 8.24. The zero-order chi connectivity index (χ0) is 31.7. The second-order valence-corrected chi connectivity index (χ2v) is 10.3. The van der Waals surface area contributed by atoms with Gasteiger partial charge in [0.25, 0.3) is 0 Å². The molecule has 8 aromatic rings. The highest BCUT2D eigenvalue weighted by molar-refractivity contribution is 6.09. The Hall–Kier alpha value is -6.34. The summed E-state index contributed by atoms with van der Waals surface area (Å²) in [6.45, 7) is 0. The van der Waals surface area contributed by atoms with E-state index in [-0.39, 0.29) is 0 Å². The first kappa shape index (κ1) is 24.1. The van der Waals surface area contributed by atoms with Gasteiger partial charge < -0.3 is 9.47 Å². The summed E-state index contributed by atoms with van der Waals surface area (Å²) in [6.07, 6.45) is 6.80. The van der Waals surface area contributed by atoms with Crippen molar-refractivity contribution in [3.8, 4) is 51.5 Å². The quantitative estimate of drug-likeness (QED) is 0.186. The molecule has 0 unspecified atom stereocenters. The van der Waals surface area contributed by atoms with Crippen LogP contribution in [-0.2, 0) is 0 Å². The highest BCUT2D eigenvalue weighted by Crippen LogP contribution is 2.37. The smallest absolute Gasteiger partial charge is 0.234 e. The first-order chi connectivity index (χ1) is 23.1. The predicted molar refractivity (Wildman–Crippen MR) is 176 cm³/mol. The Morgan fingerprint density at radius 2 is 0.956 bits per heavy atom. The average Bonchev–Trinajstić information content (AvgIpc) is 3.42. The summed E-state index contributed by atoms with van der Waals surface area (Å²) in [7, 11) is 0. The number of pyridine rings is 2. The van der Waals surface area contributed by atoms with Crippen LogP contribution in [0, 0.1) is 0 Å². The van der Waals surface area contributed by atoms with E-state index in [4.69, 9.17) is 12.2 Å². The fourth-order valence-corrected chi connectivity index (χ4v) is 5.38. The van der Waals surface area contributed by atoms with Crippen molar-refractivity contribution < 1.29 is 12.2 Å². The average molecular weight is 586 g/mol. The van der Waals surface area contributed by atoms with Gasteiger partial charge in [0.1, 0.15) is 23.0 Å². The largest absolute Gasteiger partial charge is 0.457 e. The molecule has 7 nitrogen and oxygen atoms in total. The molecule has 8 rings (SSSR count). The molecule has 0 amide bonds. The Bertz CT molecular complexity index is 2260. The number of hydrogen-bond donors (Lipinski definition) is 0. The molecule has 0 spiro atoms. The maximum Gasteiger partial charge on any atom is 0.234 e. The summed E-state index contributed by atoms with van der Waals surface area (Å²) in [4.78, 5) is 17.9. The molecular weight excluding hydrogens is 558 g/mol. The summed E-state index contributed by atoms with van der Waals surface area (Å²) in [5.41, 5.74) is 4.54. The van der Waals surface area contributed by atoms with E-state index in [9.17, 15) is 0 Å². The molecule has 0 aliphatic carbocycles. The highest BCUT2D eigenvalue weighted by Gasteiger charge is 2.16. The molecule has 4 aromatic heterocycles. The summed E-state index contributed by atoms with van der Waals surface area (Å²) >= 11 is 0. The Balaban J connectivity index is 1.18. The van der Waals surface area contributed by atoms with Gasteiger partial charge in [-0.2, -0.15) is 0 Å². The molecule has 4 aromatic carbocycles. The molecule has 214 valence electrons. The van der Waals surface area contributed by atoms with E-state index in [0.29, 0.717) is 52.4 Å². The number of benzene rings is 4. The number of ether oxygens (including phenoxy) is 2. The second kappa shape index (κ2) is 11.4. The van der Waals surface area contributed by atoms with E-state index in [1.165, 1.54) is 0 Å². The molecule has 0 bridgehead atoms. The van der Waals surface area contributed by atoms with Crippen molar-refractivity contribution in [1.82, 2.24) is 24.5 Å². The second-order valence-electron chi connectivity index (χ2n) is 10.3. The molecule has 45 heavy (non-hydrogen) atoms. The maximum absolute atomic E-state index is 8.24. The molecule has 0 atom stereocenters. The molecule has 0 saturated heterocycles. The van der Waals surface area contributed by atoms with E-state index in [1.54, 1.807) is 55.1 Å². The van der Waals surface area contributed by atoms with Crippen molar-refractivity contribution in [2.45, 2.75) is 0 Å². The van der Waals surface area contributed by atoms with Gasteiger partial charge in [-0.25, -0.2) is 9.97 Å². The molecule has 0 saturated carbocycles. The van der Waals surface area contributed by atoms with Gasteiger partial charge in [0.2, 0.25) is 5.95 Å². The lowest BCUT2D eigenvalue weighted by Crippen LogP contribution is -2.00. The van der Waals surface area contributed by atoms with Crippen LogP contribution in [0.5, 0.6) is 23.0 Å². The topological polar surface area (TPSA) is 75.0 Å². The SMILES string of the molecule is [2H]c1cccnc1-c1cccc(Oc2ccc3c4ccc(Oc5cccc(-c6ncccc6[2H])c5)cc4n(-c4ncccn4)c3c2)c1. The number of fused-ring (bicyclic) bond motifs is 3. The van der Waals surface area contributed by atoms with E-state index in [2.05, 4.69) is 19.9 Å². The zero-order valence-corrected chi connectivity index (χ0v) is 23.8. The fraction of sp³-hybridized carbons (Fsp3) is 0. The van der Waals surface area contributed by atoms with Gasteiger partial charge in [-0.3, -0.25) is 14.5 Å². The number of rotatable bonds is 7. The van der Waals surface area contributed by atoms with Crippen molar-refractivity contribution in [3.63, 3.8) is 0 Å². The van der Waals surface area contributed by atoms with Crippen LogP contribution in [0.2, 0.25) is 0 Å². The summed E-state index contributed by atoms with van der Waals surface area (Å²) in [6, 6.07) is 36.5. The summed E-state index contributed by atoms with van der Waals surface area (Å²) in [5.74, 6) is 3.05. The van der Waals surface area contributed by atoms with E-state index in [1.807, 2.05) is 89.5 Å². The van der Waals surface area contributed by atoms with Crippen molar-refractivity contribution >= 4 is 21.8 Å². The van der Waals surface area contributed by atoms with Gasteiger partial charge in [0, 0.05) is 58.8 Å². The molecule has 0 aliphatic rings. The van der Waals surface area contributed by atoms with Crippen LogP contribution in [0.25, 0.3) is 50.3 Å². The van der Waals surface area contributed by atoms with Gasteiger partial charge in [-0.1, -0.05) is 36.4 Å². The predicted octanol–water partition coefficient (Wildman–Crippen LogP) is 9.28. The van der Waals surface area contributed by atoms with Crippen LogP contribution < -0.4 is 9.47 Å². The van der Waals surface area contributed by atoms with Crippen LogP contribution in [0.4, 0.5) is 0 Å². The molecule has 4 heterocycles. The zero-order valence-electron chi connectivity index (χ0n) is 25.8. The Labute approximate surface area is 261 Å². The minimum absolute atomic E-state index is 0.352. The van der Waals surface area contributed by atoms with Crippen LogP contribution >= 0.6 is 0 Å². The lowest BCUT2D eigenvalue weighted by atomic mass is 10.1. The van der Waals surface area contributed by atoms with Crippen LogP contribution in [0.3, 0.4) is 0 Å². The third-order valence-corrected chi connectivity index (χ3v) is 7.36. The Morgan fingerprint density at radius 1 is 0.467 bits per heavy atom. The van der Waals surface area contributed by atoms with E-state index < -0.39 is 0 Å². The van der Waals surface area contributed by atoms with Crippen LogP contribution in [-0.4, -0.2) is 24.5 Å². The minimum Gasteiger partial charge on any atom is -0.457 e. The lowest BCUT2D eigenvalue weighted by Gasteiger charge is -2.10. The van der Waals surface area contributed by atoms with E-state index in [0.717, 1.165) is 32.9 Å². The molecule has 0 fully saturated rings. The Kier molecular flexibility index (Phi) is 6.11. The van der Waals surface area contributed by atoms with Gasteiger partial charge >= 0.3 is 0 Å². The van der Waals surface area contributed by atoms with Crippen molar-refractivity contribution in [3.05, 3.63) is 152 Å². The fourth-order valence-electron chi connectivity index (χ4n) is 5.38. The first-order valence-corrected chi connectivity index (χ1v) is 14.4. The van der Waals surface area contributed by atoms with Crippen LogP contribution in [0.1, 0.15) is 2.74 Å². The van der Waals surface area contributed by atoms with Crippen molar-refractivity contribution in [2.24, 2.45) is 0 Å². The highest BCUT2D eigenvalue weighted by atomic mass is 16.5. The monoisotopic (exact) mass is 585 g/mol. The lowest BCUT2D eigenvalue weighted by molar-refractivity contribution is 0.483. The Morgan fingerprint density at radius 3 is 1.47 bits per heavy atom. The van der Waals surface area contributed by atoms with Gasteiger partial charge in [0.05, 0.1) is 25.2 Å². The van der Waals surface area contributed by atoms with Gasteiger partial charge in [0.15, 0.2) is 0 Å². The molecular formula is C38H25N5O2. The van der Waals surface area contributed by atoms with Crippen molar-refractivity contribution in [2.75, 3.05) is 0 Å². The normalized spacial score (nSPS) is 11.7. The van der Waals surface area contributed by atoms with Gasteiger partial charge in [-0.05, 0) is 78.8 Å². The summed E-state index contributed by atoms with van der Waals surface area (Å²) in [5, 5.41) is 2.01. The van der Waals surface area contributed by atoms with Crippen LogP contribution in [0.15, 0.2) is 152 Å². The third-order valence-electron chi connectivity index (χ3n) is 7.36.